The van der Waals surface area contributed by atoms with Gasteiger partial charge in [0, 0.05) is 0 Å². The first-order valence-electron chi connectivity index (χ1n) is 4.44. The molecular formula is C10H12Cl2O2. The van der Waals surface area contributed by atoms with Gasteiger partial charge in [-0.1, -0.05) is 43.5 Å². The van der Waals surface area contributed by atoms with Crippen molar-refractivity contribution in [2.24, 2.45) is 5.92 Å². The molecule has 0 amide bonds. The molecular weight excluding hydrogens is 223 g/mol. The molecule has 1 aliphatic rings. The zero-order chi connectivity index (χ0) is 10.9. The molecule has 14 heavy (non-hydrogen) atoms. The van der Waals surface area contributed by atoms with Crippen LogP contribution in [0.2, 0.25) is 0 Å². The van der Waals surface area contributed by atoms with Crippen LogP contribution >= 0.6 is 23.2 Å². The summed E-state index contributed by atoms with van der Waals surface area (Å²) in [7, 11) is 0. The van der Waals surface area contributed by atoms with Crippen molar-refractivity contribution in [1.82, 2.24) is 0 Å². The number of carbonyl (C=O) groups is 1. The van der Waals surface area contributed by atoms with Crippen LogP contribution in [-0.2, 0) is 4.79 Å². The average Bonchev–Trinajstić information content (AvgIpc) is 2.12. The third-order valence-electron chi connectivity index (χ3n) is 2.55. The van der Waals surface area contributed by atoms with Crippen LogP contribution in [0.5, 0.6) is 0 Å². The van der Waals surface area contributed by atoms with Crippen LogP contribution in [0, 0.1) is 5.92 Å². The fourth-order valence-electron chi connectivity index (χ4n) is 1.30. The van der Waals surface area contributed by atoms with Gasteiger partial charge in [-0.3, -0.25) is 4.79 Å². The second-order valence-corrected chi connectivity index (χ2v) is 4.32. The normalized spacial score (nSPS) is 22.8. The monoisotopic (exact) mass is 234 g/mol. The van der Waals surface area contributed by atoms with Crippen molar-refractivity contribution in [3.05, 3.63) is 22.2 Å². The molecule has 1 unspecified atom stereocenters. The number of carbonyl (C=O) groups excluding carboxylic acids is 1. The Bertz CT molecular complexity index is 296. The molecule has 1 aliphatic carbocycles. The number of rotatable bonds is 2. The Balaban J connectivity index is 3.09. The van der Waals surface area contributed by atoms with E-state index < -0.39 is 11.4 Å². The van der Waals surface area contributed by atoms with Crippen molar-refractivity contribution >= 4 is 29.0 Å². The van der Waals surface area contributed by atoms with Gasteiger partial charge in [-0.2, -0.15) is 0 Å². The van der Waals surface area contributed by atoms with Crippen LogP contribution in [0.1, 0.15) is 20.3 Å². The quantitative estimate of drug-likeness (QED) is 0.798. The lowest BCUT2D eigenvalue weighted by Crippen LogP contribution is -2.35. The minimum Gasteiger partial charge on any atom is -0.381 e. The first-order valence-corrected chi connectivity index (χ1v) is 5.20. The van der Waals surface area contributed by atoms with E-state index in [4.69, 9.17) is 23.2 Å². The van der Waals surface area contributed by atoms with E-state index in [9.17, 15) is 9.90 Å². The van der Waals surface area contributed by atoms with Crippen molar-refractivity contribution in [2.45, 2.75) is 25.9 Å². The first-order chi connectivity index (χ1) is 6.40. The van der Waals surface area contributed by atoms with Gasteiger partial charge in [0.1, 0.15) is 5.60 Å². The van der Waals surface area contributed by atoms with Gasteiger partial charge >= 0.3 is 0 Å². The van der Waals surface area contributed by atoms with Crippen LogP contribution in [0.25, 0.3) is 0 Å². The van der Waals surface area contributed by atoms with Gasteiger partial charge in [-0.25, -0.2) is 0 Å². The maximum Gasteiger partial charge on any atom is 0.215 e. The molecule has 0 heterocycles. The largest absolute Gasteiger partial charge is 0.381 e. The smallest absolute Gasteiger partial charge is 0.215 e. The Morgan fingerprint density at radius 2 is 1.86 bits per heavy atom. The Morgan fingerprint density at radius 1 is 1.43 bits per heavy atom. The summed E-state index contributed by atoms with van der Waals surface area (Å²) in [6.45, 7) is 3.82. The minimum absolute atomic E-state index is 0.0136. The summed E-state index contributed by atoms with van der Waals surface area (Å²) in [5.41, 5.74) is -1.20. The third-order valence-corrected chi connectivity index (χ3v) is 3.11. The third kappa shape index (κ3) is 2.02. The molecule has 0 aromatic heterocycles. The zero-order valence-corrected chi connectivity index (χ0v) is 9.56. The zero-order valence-electron chi connectivity index (χ0n) is 8.05. The van der Waals surface area contributed by atoms with Crippen LogP contribution in [-0.4, -0.2) is 16.5 Å². The Labute approximate surface area is 93.2 Å². The standard InChI is InChI=1S/C10H12Cl2O2/c1-3-6(2)10(14)4-7(11)9(13)8(12)5-10/h4-6,14H,3H2,1-2H3. The second-order valence-electron chi connectivity index (χ2n) is 3.51. The summed E-state index contributed by atoms with van der Waals surface area (Å²) in [6.07, 6.45) is 3.49. The van der Waals surface area contributed by atoms with E-state index in [1.807, 2.05) is 13.8 Å². The molecule has 0 saturated carbocycles. The number of halogens is 2. The molecule has 78 valence electrons. The molecule has 0 fully saturated rings. The topological polar surface area (TPSA) is 37.3 Å². The van der Waals surface area contributed by atoms with Gasteiger partial charge in [0.15, 0.2) is 0 Å². The SMILES string of the molecule is CCC(C)C1(O)C=C(Cl)C(=O)C(Cl)=C1. The van der Waals surface area contributed by atoms with Crippen molar-refractivity contribution in [1.29, 1.82) is 0 Å². The van der Waals surface area contributed by atoms with Gasteiger partial charge in [0.2, 0.25) is 5.78 Å². The van der Waals surface area contributed by atoms with Gasteiger partial charge in [0.25, 0.3) is 0 Å². The molecule has 0 bridgehead atoms. The van der Waals surface area contributed by atoms with Gasteiger partial charge in [-0.05, 0) is 18.1 Å². The van der Waals surface area contributed by atoms with E-state index in [-0.39, 0.29) is 16.0 Å². The number of allylic oxidation sites excluding steroid dienone is 2. The highest BCUT2D eigenvalue weighted by atomic mass is 35.5. The molecule has 0 aliphatic heterocycles. The van der Waals surface area contributed by atoms with E-state index in [2.05, 4.69) is 0 Å². The number of aliphatic hydroxyl groups is 1. The fraction of sp³-hybridized carbons (Fsp3) is 0.500. The first kappa shape index (κ1) is 11.8. The summed E-state index contributed by atoms with van der Waals surface area (Å²) >= 11 is 11.3. The molecule has 0 saturated heterocycles. The Kier molecular flexibility index (Phi) is 3.40. The van der Waals surface area contributed by atoms with Gasteiger partial charge < -0.3 is 5.11 Å². The molecule has 1 atom stereocenters. The van der Waals surface area contributed by atoms with E-state index >= 15 is 0 Å². The minimum atomic E-state index is -1.20. The van der Waals surface area contributed by atoms with E-state index in [1.54, 1.807) is 0 Å². The van der Waals surface area contributed by atoms with Gasteiger partial charge in [-0.15, -0.1) is 0 Å². The summed E-state index contributed by atoms with van der Waals surface area (Å²) < 4.78 is 0. The highest BCUT2D eigenvalue weighted by molar-refractivity contribution is 6.55. The Morgan fingerprint density at radius 3 is 2.21 bits per heavy atom. The summed E-state index contributed by atoms with van der Waals surface area (Å²) in [5.74, 6) is -0.459. The molecule has 2 nitrogen and oxygen atoms in total. The van der Waals surface area contributed by atoms with Crippen LogP contribution in [0.15, 0.2) is 22.2 Å². The molecule has 0 spiro atoms. The predicted octanol–water partition coefficient (Wildman–Crippen LogP) is 2.59. The number of hydrogen-bond donors (Lipinski definition) is 1. The molecule has 0 aromatic carbocycles. The van der Waals surface area contributed by atoms with Crippen LogP contribution in [0.4, 0.5) is 0 Å². The van der Waals surface area contributed by atoms with E-state index in [1.165, 1.54) is 12.2 Å². The van der Waals surface area contributed by atoms with E-state index in [0.29, 0.717) is 0 Å². The lowest BCUT2D eigenvalue weighted by molar-refractivity contribution is -0.111. The highest BCUT2D eigenvalue weighted by Crippen LogP contribution is 2.33. The number of hydrogen-bond acceptors (Lipinski definition) is 2. The van der Waals surface area contributed by atoms with E-state index in [0.717, 1.165) is 6.42 Å². The van der Waals surface area contributed by atoms with Crippen molar-refractivity contribution in [3.8, 4) is 0 Å². The number of Topliss-reactive ketones (excluding diaryl/α,β-unsaturated/α-hetero) is 1. The number of ketones is 1. The van der Waals surface area contributed by atoms with Crippen LogP contribution in [0.3, 0.4) is 0 Å². The Hall–Kier alpha value is -0.310. The molecule has 0 aromatic rings. The summed E-state index contributed by atoms with van der Waals surface area (Å²) in [5, 5.41) is 10.1. The lowest BCUT2D eigenvalue weighted by Gasteiger charge is -2.30. The van der Waals surface area contributed by atoms with Crippen molar-refractivity contribution in [3.63, 3.8) is 0 Å². The molecule has 1 N–H and O–H groups in total. The van der Waals surface area contributed by atoms with Gasteiger partial charge in [0.05, 0.1) is 10.1 Å². The maximum atomic E-state index is 11.2. The predicted molar refractivity (Wildman–Crippen MR) is 57.3 cm³/mol. The molecule has 0 radical (unpaired) electrons. The fourth-order valence-corrected chi connectivity index (χ4v) is 1.91. The van der Waals surface area contributed by atoms with Crippen LogP contribution < -0.4 is 0 Å². The maximum absolute atomic E-state index is 11.2. The molecule has 1 rings (SSSR count). The summed E-state index contributed by atoms with van der Waals surface area (Å²) in [4.78, 5) is 11.2. The van der Waals surface area contributed by atoms with Crippen molar-refractivity contribution < 1.29 is 9.90 Å². The lowest BCUT2D eigenvalue weighted by atomic mass is 9.83. The second kappa shape index (κ2) is 4.05. The van der Waals surface area contributed by atoms with Crippen molar-refractivity contribution in [2.75, 3.05) is 0 Å². The summed E-state index contributed by atoms with van der Waals surface area (Å²) in [6, 6.07) is 0. The average molecular weight is 235 g/mol. The highest BCUT2D eigenvalue weighted by Gasteiger charge is 2.34. The molecule has 4 heteroatoms.